The van der Waals surface area contributed by atoms with Gasteiger partial charge in [0, 0.05) is 29.7 Å². The number of carbonyl (C=O) groups excluding carboxylic acids is 1. The molecule has 4 rings (SSSR count). The van der Waals surface area contributed by atoms with E-state index in [0.29, 0.717) is 43.4 Å². The minimum atomic E-state index is -0.0352. The summed E-state index contributed by atoms with van der Waals surface area (Å²) in [6.45, 7) is 1.63. The zero-order chi connectivity index (χ0) is 15.6. The number of anilines is 1. The minimum Gasteiger partial charge on any atom is -0.493 e. The Bertz CT molecular complexity index is 744. The van der Waals surface area contributed by atoms with E-state index < -0.39 is 0 Å². The fraction of sp³-hybridized carbons (Fsp3) is 0.278. The molecule has 0 radical (unpaired) electrons. The molecule has 0 bridgehead atoms. The second-order valence-electron chi connectivity index (χ2n) is 5.66. The molecule has 1 N–H and O–H groups in total. The van der Waals surface area contributed by atoms with Crippen LogP contribution in [0.1, 0.15) is 17.9 Å². The van der Waals surface area contributed by atoms with E-state index >= 15 is 0 Å². The fourth-order valence-electron chi connectivity index (χ4n) is 2.96. The van der Waals surface area contributed by atoms with Crippen LogP contribution in [0.25, 0.3) is 0 Å². The minimum absolute atomic E-state index is 0.0352. The predicted molar refractivity (Wildman–Crippen MR) is 85.4 cm³/mol. The van der Waals surface area contributed by atoms with E-state index in [4.69, 9.17) is 14.2 Å². The molecule has 5 heteroatoms. The predicted octanol–water partition coefficient (Wildman–Crippen LogP) is 2.96. The van der Waals surface area contributed by atoms with Crippen LogP contribution in [-0.4, -0.2) is 25.7 Å². The van der Waals surface area contributed by atoms with Crippen molar-refractivity contribution < 1.29 is 19.0 Å². The molecular weight excluding hydrogens is 294 g/mol. The van der Waals surface area contributed by atoms with Crippen LogP contribution in [0.2, 0.25) is 0 Å². The van der Waals surface area contributed by atoms with Gasteiger partial charge in [-0.2, -0.15) is 0 Å². The van der Waals surface area contributed by atoms with Crippen molar-refractivity contribution in [3.8, 4) is 17.2 Å². The molecule has 0 aliphatic carbocycles. The highest BCUT2D eigenvalue weighted by Gasteiger charge is 2.26. The molecule has 2 aliphatic heterocycles. The first-order valence-electron chi connectivity index (χ1n) is 7.71. The zero-order valence-corrected chi connectivity index (χ0v) is 12.6. The van der Waals surface area contributed by atoms with Crippen molar-refractivity contribution in [1.82, 2.24) is 0 Å². The molecule has 118 valence electrons. The SMILES string of the molecule is O=C(CC1COc2ccccc21)Nc1ccc2c(c1)OCCO2. The topological polar surface area (TPSA) is 56.8 Å². The summed E-state index contributed by atoms with van der Waals surface area (Å²) >= 11 is 0. The van der Waals surface area contributed by atoms with E-state index in [1.54, 1.807) is 6.07 Å². The second-order valence-corrected chi connectivity index (χ2v) is 5.66. The average Bonchev–Trinajstić information content (AvgIpc) is 2.98. The first-order valence-corrected chi connectivity index (χ1v) is 7.71. The highest BCUT2D eigenvalue weighted by Crippen LogP contribution is 2.36. The van der Waals surface area contributed by atoms with Crippen molar-refractivity contribution in [2.75, 3.05) is 25.1 Å². The Labute approximate surface area is 134 Å². The molecule has 23 heavy (non-hydrogen) atoms. The summed E-state index contributed by atoms with van der Waals surface area (Å²) in [6.07, 6.45) is 0.394. The average molecular weight is 311 g/mol. The molecule has 1 unspecified atom stereocenters. The Balaban J connectivity index is 1.43. The smallest absolute Gasteiger partial charge is 0.225 e. The van der Waals surface area contributed by atoms with E-state index in [0.717, 1.165) is 11.3 Å². The summed E-state index contributed by atoms with van der Waals surface area (Å²) in [5.74, 6) is 2.33. The Morgan fingerprint density at radius 1 is 1.00 bits per heavy atom. The Hall–Kier alpha value is -2.69. The third-order valence-electron chi connectivity index (χ3n) is 4.06. The molecule has 1 atom stereocenters. The van der Waals surface area contributed by atoms with E-state index in [9.17, 15) is 4.79 Å². The maximum atomic E-state index is 12.3. The largest absolute Gasteiger partial charge is 0.493 e. The molecule has 0 saturated carbocycles. The third kappa shape index (κ3) is 2.82. The summed E-state index contributed by atoms with van der Waals surface area (Å²) in [5.41, 5.74) is 1.82. The molecule has 1 amide bonds. The molecule has 2 aromatic carbocycles. The number of rotatable bonds is 3. The van der Waals surface area contributed by atoms with Gasteiger partial charge in [0.2, 0.25) is 5.91 Å². The maximum Gasteiger partial charge on any atom is 0.225 e. The Morgan fingerprint density at radius 2 is 1.83 bits per heavy atom. The molecule has 0 aromatic heterocycles. The monoisotopic (exact) mass is 311 g/mol. The van der Waals surface area contributed by atoms with Crippen molar-refractivity contribution in [3.63, 3.8) is 0 Å². The number of ether oxygens (including phenoxy) is 3. The van der Waals surface area contributed by atoms with Gasteiger partial charge in [-0.15, -0.1) is 0 Å². The van der Waals surface area contributed by atoms with Gasteiger partial charge in [-0.05, 0) is 18.2 Å². The first kappa shape index (κ1) is 13.9. The molecule has 2 aliphatic rings. The van der Waals surface area contributed by atoms with Gasteiger partial charge in [-0.25, -0.2) is 0 Å². The quantitative estimate of drug-likeness (QED) is 0.947. The van der Waals surface area contributed by atoms with Crippen LogP contribution in [-0.2, 0) is 4.79 Å². The van der Waals surface area contributed by atoms with Crippen LogP contribution in [0.5, 0.6) is 17.2 Å². The van der Waals surface area contributed by atoms with Gasteiger partial charge in [0.1, 0.15) is 19.0 Å². The van der Waals surface area contributed by atoms with E-state index in [1.807, 2.05) is 36.4 Å². The van der Waals surface area contributed by atoms with Crippen LogP contribution in [0.15, 0.2) is 42.5 Å². The van der Waals surface area contributed by atoms with E-state index in [2.05, 4.69) is 5.32 Å². The number of hydrogen-bond donors (Lipinski definition) is 1. The highest BCUT2D eigenvalue weighted by molar-refractivity contribution is 5.91. The molecule has 0 spiro atoms. The van der Waals surface area contributed by atoms with E-state index in [1.165, 1.54) is 0 Å². The molecule has 0 fully saturated rings. The number of amides is 1. The number of nitrogens with one attached hydrogen (secondary N) is 1. The lowest BCUT2D eigenvalue weighted by molar-refractivity contribution is -0.116. The summed E-state index contributed by atoms with van der Waals surface area (Å²) in [5, 5.41) is 2.92. The summed E-state index contributed by atoms with van der Waals surface area (Å²) in [4.78, 5) is 12.3. The highest BCUT2D eigenvalue weighted by atomic mass is 16.6. The van der Waals surface area contributed by atoms with Crippen molar-refractivity contribution >= 4 is 11.6 Å². The molecule has 5 nitrogen and oxygen atoms in total. The zero-order valence-electron chi connectivity index (χ0n) is 12.6. The van der Waals surface area contributed by atoms with Crippen molar-refractivity contribution in [3.05, 3.63) is 48.0 Å². The van der Waals surface area contributed by atoms with Crippen LogP contribution < -0.4 is 19.5 Å². The summed E-state index contributed by atoms with van der Waals surface area (Å²) in [6, 6.07) is 13.3. The van der Waals surface area contributed by atoms with E-state index in [-0.39, 0.29) is 11.8 Å². The number of benzene rings is 2. The molecule has 2 aromatic rings. The second kappa shape index (κ2) is 5.83. The van der Waals surface area contributed by atoms with Gasteiger partial charge in [0.25, 0.3) is 0 Å². The lowest BCUT2D eigenvalue weighted by atomic mass is 9.97. The van der Waals surface area contributed by atoms with Crippen LogP contribution in [0, 0.1) is 0 Å². The van der Waals surface area contributed by atoms with Crippen LogP contribution in [0.3, 0.4) is 0 Å². The fourth-order valence-corrected chi connectivity index (χ4v) is 2.96. The molecule has 0 saturated heterocycles. The normalized spacial score (nSPS) is 18.0. The molecular formula is C18H17NO4. The van der Waals surface area contributed by atoms with Gasteiger partial charge >= 0.3 is 0 Å². The van der Waals surface area contributed by atoms with Crippen LogP contribution >= 0.6 is 0 Å². The van der Waals surface area contributed by atoms with Gasteiger partial charge in [-0.1, -0.05) is 18.2 Å². The molecule has 2 heterocycles. The Kier molecular flexibility index (Phi) is 3.54. The number of para-hydroxylation sites is 1. The standard InChI is InChI=1S/C18H17NO4/c20-18(9-12-11-23-15-4-2-1-3-14(12)15)19-13-5-6-16-17(10-13)22-8-7-21-16/h1-6,10,12H,7-9,11H2,(H,19,20). The van der Waals surface area contributed by atoms with Crippen molar-refractivity contribution in [2.24, 2.45) is 0 Å². The van der Waals surface area contributed by atoms with Gasteiger partial charge in [0.15, 0.2) is 11.5 Å². The number of carbonyl (C=O) groups is 1. The third-order valence-corrected chi connectivity index (χ3v) is 4.06. The van der Waals surface area contributed by atoms with Crippen LogP contribution in [0.4, 0.5) is 5.69 Å². The van der Waals surface area contributed by atoms with Gasteiger partial charge in [-0.3, -0.25) is 4.79 Å². The van der Waals surface area contributed by atoms with Gasteiger partial charge in [0.05, 0.1) is 6.61 Å². The Morgan fingerprint density at radius 3 is 2.74 bits per heavy atom. The number of hydrogen-bond acceptors (Lipinski definition) is 4. The summed E-state index contributed by atoms with van der Waals surface area (Å²) < 4.78 is 16.6. The lowest BCUT2D eigenvalue weighted by Gasteiger charge is -2.19. The maximum absolute atomic E-state index is 12.3. The van der Waals surface area contributed by atoms with Crippen molar-refractivity contribution in [1.29, 1.82) is 0 Å². The summed E-state index contributed by atoms with van der Waals surface area (Å²) in [7, 11) is 0. The number of fused-ring (bicyclic) bond motifs is 2. The van der Waals surface area contributed by atoms with Crippen molar-refractivity contribution in [2.45, 2.75) is 12.3 Å². The first-order chi connectivity index (χ1) is 11.3. The van der Waals surface area contributed by atoms with Gasteiger partial charge < -0.3 is 19.5 Å². The lowest BCUT2D eigenvalue weighted by Crippen LogP contribution is -2.18.